The summed E-state index contributed by atoms with van der Waals surface area (Å²) in [6.07, 6.45) is 3.31. The van der Waals surface area contributed by atoms with Gasteiger partial charge in [-0.15, -0.1) is 0 Å². The molecule has 2 aromatic carbocycles. The van der Waals surface area contributed by atoms with E-state index >= 15 is 0 Å². The maximum absolute atomic E-state index is 13.4. The van der Waals surface area contributed by atoms with Gasteiger partial charge in [0.05, 0.1) is 24.8 Å². The SMILES string of the molecule is CCOc1ccc([C@H]2C(=C(O)c3ccc(OCC(C)C)cc3C)C(=O)C(=O)N2Cc2cccnc2)cc1. The van der Waals surface area contributed by atoms with Crippen LogP contribution in [0.2, 0.25) is 0 Å². The Morgan fingerprint density at radius 1 is 1.05 bits per heavy atom. The highest BCUT2D eigenvalue weighted by Gasteiger charge is 2.46. The topological polar surface area (TPSA) is 89.0 Å². The largest absolute Gasteiger partial charge is 0.507 e. The number of ketones is 1. The summed E-state index contributed by atoms with van der Waals surface area (Å²) in [5.41, 5.74) is 2.75. The van der Waals surface area contributed by atoms with Gasteiger partial charge in [0.25, 0.3) is 11.7 Å². The van der Waals surface area contributed by atoms with Gasteiger partial charge in [0.2, 0.25) is 0 Å². The molecule has 2 heterocycles. The van der Waals surface area contributed by atoms with E-state index in [-0.39, 0.29) is 17.9 Å². The Labute approximate surface area is 217 Å². The van der Waals surface area contributed by atoms with Crippen molar-refractivity contribution in [1.82, 2.24) is 9.88 Å². The monoisotopic (exact) mass is 500 g/mol. The van der Waals surface area contributed by atoms with Gasteiger partial charge >= 0.3 is 0 Å². The first kappa shape index (κ1) is 25.9. The molecule has 7 nitrogen and oxygen atoms in total. The highest BCUT2D eigenvalue weighted by atomic mass is 16.5. The van der Waals surface area contributed by atoms with Crippen molar-refractivity contribution in [2.45, 2.75) is 40.3 Å². The highest BCUT2D eigenvalue weighted by molar-refractivity contribution is 6.46. The lowest BCUT2D eigenvalue weighted by atomic mass is 9.93. The molecule has 0 bridgehead atoms. The average molecular weight is 501 g/mol. The third-order valence-corrected chi connectivity index (χ3v) is 6.16. The van der Waals surface area contributed by atoms with Crippen molar-refractivity contribution in [1.29, 1.82) is 0 Å². The zero-order chi connectivity index (χ0) is 26.5. The summed E-state index contributed by atoms with van der Waals surface area (Å²) in [4.78, 5) is 32.2. The summed E-state index contributed by atoms with van der Waals surface area (Å²) in [6, 6.07) is 15.4. The predicted molar refractivity (Wildman–Crippen MR) is 141 cm³/mol. The van der Waals surface area contributed by atoms with Gasteiger partial charge in [-0.3, -0.25) is 14.6 Å². The predicted octanol–water partition coefficient (Wildman–Crippen LogP) is 5.45. The lowest BCUT2D eigenvalue weighted by Crippen LogP contribution is -2.29. The zero-order valence-corrected chi connectivity index (χ0v) is 21.6. The number of benzene rings is 2. The van der Waals surface area contributed by atoms with E-state index in [9.17, 15) is 14.7 Å². The number of aromatic nitrogens is 1. The number of rotatable bonds is 9. The molecule has 1 atom stereocenters. The summed E-state index contributed by atoms with van der Waals surface area (Å²) >= 11 is 0. The first-order valence-electron chi connectivity index (χ1n) is 12.4. The molecule has 1 N–H and O–H groups in total. The maximum atomic E-state index is 13.4. The highest BCUT2D eigenvalue weighted by Crippen LogP contribution is 2.41. The number of amides is 1. The van der Waals surface area contributed by atoms with Gasteiger partial charge in [-0.2, -0.15) is 0 Å². The smallest absolute Gasteiger partial charge is 0.295 e. The minimum Gasteiger partial charge on any atom is -0.507 e. The number of aryl methyl sites for hydroxylation is 1. The molecular formula is C30H32N2O5. The molecule has 1 fully saturated rings. The number of carbonyl (C=O) groups excluding carboxylic acids is 2. The first-order valence-corrected chi connectivity index (χ1v) is 12.4. The molecule has 4 rings (SSSR count). The van der Waals surface area contributed by atoms with Crippen molar-refractivity contribution in [2.75, 3.05) is 13.2 Å². The second-order valence-electron chi connectivity index (χ2n) is 9.47. The lowest BCUT2D eigenvalue weighted by molar-refractivity contribution is -0.140. The van der Waals surface area contributed by atoms with E-state index in [0.29, 0.717) is 41.8 Å². The second kappa shape index (κ2) is 11.3. The lowest BCUT2D eigenvalue weighted by Gasteiger charge is -2.25. The number of Topliss-reactive ketones (excluding diaryl/α,β-unsaturated/α-hetero) is 1. The van der Waals surface area contributed by atoms with E-state index in [4.69, 9.17) is 9.47 Å². The molecule has 1 aromatic heterocycles. The molecule has 7 heteroatoms. The van der Waals surface area contributed by atoms with Crippen LogP contribution in [0.5, 0.6) is 11.5 Å². The molecule has 1 aliphatic rings. The Balaban J connectivity index is 1.79. The number of aliphatic hydroxyl groups is 1. The summed E-state index contributed by atoms with van der Waals surface area (Å²) in [7, 11) is 0. The van der Waals surface area contributed by atoms with Crippen molar-refractivity contribution >= 4 is 17.4 Å². The Morgan fingerprint density at radius 3 is 2.41 bits per heavy atom. The second-order valence-corrected chi connectivity index (χ2v) is 9.47. The van der Waals surface area contributed by atoms with Gasteiger partial charge in [-0.1, -0.05) is 32.0 Å². The van der Waals surface area contributed by atoms with Gasteiger partial charge in [-0.25, -0.2) is 0 Å². The number of nitrogens with zero attached hydrogens (tertiary/aromatic N) is 2. The Kier molecular flexibility index (Phi) is 7.92. The molecule has 0 aliphatic carbocycles. The van der Waals surface area contributed by atoms with Gasteiger partial charge in [0.15, 0.2) is 0 Å². The van der Waals surface area contributed by atoms with Crippen LogP contribution in [0, 0.1) is 12.8 Å². The minimum absolute atomic E-state index is 0.0528. The van der Waals surface area contributed by atoms with Gasteiger partial charge in [0, 0.05) is 24.5 Å². The van der Waals surface area contributed by atoms with E-state index in [1.807, 2.05) is 38.1 Å². The van der Waals surface area contributed by atoms with E-state index in [2.05, 4.69) is 18.8 Å². The summed E-state index contributed by atoms with van der Waals surface area (Å²) < 4.78 is 11.4. The maximum Gasteiger partial charge on any atom is 0.295 e. The third-order valence-electron chi connectivity index (χ3n) is 6.16. The number of ether oxygens (including phenoxy) is 2. The number of aliphatic hydroxyl groups excluding tert-OH is 1. The molecular weight excluding hydrogens is 468 g/mol. The van der Waals surface area contributed by atoms with Crippen LogP contribution in [0.4, 0.5) is 0 Å². The van der Waals surface area contributed by atoms with Gasteiger partial charge < -0.3 is 19.5 Å². The van der Waals surface area contributed by atoms with Crippen molar-refractivity contribution in [3.8, 4) is 11.5 Å². The van der Waals surface area contributed by atoms with Crippen LogP contribution in [0.3, 0.4) is 0 Å². The number of likely N-dealkylation sites (tertiary alicyclic amines) is 1. The molecule has 0 radical (unpaired) electrons. The molecule has 1 saturated heterocycles. The quantitative estimate of drug-likeness (QED) is 0.239. The Bertz CT molecular complexity index is 1300. The van der Waals surface area contributed by atoms with Gasteiger partial charge in [0.1, 0.15) is 17.3 Å². The molecule has 0 spiro atoms. The average Bonchev–Trinajstić information content (AvgIpc) is 3.13. The van der Waals surface area contributed by atoms with Crippen LogP contribution in [-0.2, 0) is 16.1 Å². The van der Waals surface area contributed by atoms with Crippen molar-refractivity contribution < 1.29 is 24.2 Å². The minimum atomic E-state index is -0.771. The van der Waals surface area contributed by atoms with Crippen LogP contribution in [-0.4, -0.2) is 39.9 Å². The summed E-state index contributed by atoms with van der Waals surface area (Å²) in [5.74, 6) is 0.141. The number of hydrogen-bond donors (Lipinski definition) is 1. The fraction of sp³-hybridized carbons (Fsp3) is 0.300. The molecule has 192 valence electrons. The van der Waals surface area contributed by atoms with Crippen molar-refractivity contribution in [3.05, 3.63) is 94.8 Å². The fourth-order valence-electron chi connectivity index (χ4n) is 4.39. The van der Waals surface area contributed by atoms with E-state index in [0.717, 1.165) is 11.1 Å². The van der Waals surface area contributed by atoms with Crippen molar-refractivity contribution in [3.63, 3.8) is 0 Å². The van der Waals surface area contributed by atoms with Crippen LogP contribution in [0.25, 0.3) is 5.76 Å². The van der Waals surface area contributed by atoms with Crippen LogP contribution < -0.4 is 9.47 Å². The molecule has 1 amide bonds. The number of hydrogen-bond acceptors (Lipinski definition) is 6. The number of carbonyl (C=O) groups is 2. The first-order chi connectivity index (χ1) is 17.8. The van der Waals surface area contributed by atoms with E-state index in [1.165, 1.54) is 4.90 Å². The van der Waals surface area contributed by atoms with Gasteiger partial charge in [-0.05, 0) is 72.9 Å². The molecule has 3 aromatic rings. The summed E-state index contributed by atoms with van der Waals surface area (Å²) in [5, 5.41) is 11.5. The fourth-order valence-corrected chi connectivity index (χ4v) is 4.39. The molecule has 0 unspecified atom stereocenters. The standard InChI is InChI=1S/C30H32N2O5/c1-5-36-23-10-8-22(9-11-23)27-26(29(34)30(35)32(27)17-21-7-6-14-31-16-21)28(33)25-13-12-24(15-20(25)4)37-18-19(2)3/h6-16,19,27,33H,5,17-18H2,1-4H3/t27-/m0/s1. The third kappa shape index (κ3) is 5.66. The molecule has 1 aliphatic heterocycles. The summed E-state index contributed by atoms with van der Waals surface area (Å²) in [6.45, 7) is 9.15. The van der Waals surface area contributed by atoms with Crippen LogP contribution in [0.1, 0.15) is 49.1 Å². The van der Waals surface area contributed by atoms with E-state index < -0.39 is 17.7 Å². The van der Waals surface area contributed by atoms with Crippen molar-refractivity contribution in [2.24, 2.45) is 5.92 Å². The van der Waals surface area contributed by atoms with Crippen LogP contribution >= 0.6 is 0 Å². The Morgan fingerprint density at radius 2 is 1.78 bits per heavy atom. The Hall–Kier alpha value is -4.13. The molecule has 0 saturated carbocycles. The van der Waals surface area contributed by atoms with Crippen LogP contribution in [0.15, 0.2) is 72.6 Å². The number of pyridine rings is 1. The normalized spacial score (nSPS) is 16.9. The zero-order valence-electron chi connectivity index (χ0n) is 21.6. The van der Waals surface area contributed by atoms with E-state index in [1.54, 1.807) is 42.7 Å². The molecule has 37 heavy (non-hydrogen) atoms.